The summed E-state index contributed by atoms with van der Waals surface area (Å²) in [5.41, 5.74) is 5.79. The third kappa shape index (κ3) is 3.13. The number of allylic oxidation sites excluding steroid dienone is 4. The molecule has 4 rings (SSSR count). The lowest BCUT2D eigenvalue weighted by molar-refractivity contribution is 0.523. The molecule has 1 spiro atoms. The van der Waals surface area contributed by atoms with Crippen LogP contribution < -0.4 is 5.14 Å². The molecule has 0 amide bonds. The SMILES string of the molecule is Cc1ccc(C2=CC3(C=C2c2ccc(S(N)(=O)=O)nc2)CCCC3)cc1. The normalized spacial score (nSPS) is 18.8. The summed E-state index contributed by atoms with van der Waals surface area (Å²) in [5.74, 6) is 0. The van der Waals surface area contributed by atoms with Crippen molar-refractivity contribution in [2.75, 3.05) is 0 Å². The molecule has 0 atom stereocenters. The zero-order valence-electron chi connectivity index (χ0n) is 14.8. The average Bonchev–Trinajstić information content (AvgIpc) is 3.22. The molecule has 2 aromatic rings. The largest absolute Gasteiger partial charge is 0.255 e. The number of primary sulfonamides is 1. The first-order valence-electron chi connectivity index (χ1n) is 8.89. The van der Waals surface area contributed by atoms with E-state index in [1.165, 1.54) is 35.6 Å². The van der Waals surface area contributed by atoms with Gasteiger partial charge in [-0.15, -0.1) is 0 Å². The number of aromatic nitrogens is 1. The second kappa shape index (κ2) is 6.18. The van der Waals surface area contributed by atoms with Crippen molar-refractivity contribution < 1.29 is 8.42 Å². The fraction of sp³-hybridized carbons (Fsp3) is 0.286. The Hall–Kier alpha value is -2.24. The molecule has 5 heteroatoms. The van der Waals surface area contributed by atoms with Gasteiger partial charge < -0.3 is 0 Å². The summed E-state index contributed by atoms with van der Waals surface area (Å²) < 4.78 is 23.0. The predicted molar refractivity (Wildman–Crippen MR) is 104 cm³/mol. The van der Waals surface area contributed by atoms with Gasteiger partial charge in [-0.25, -0.2) is 18.5 Å². The number of nitrogens with two attached hydrogens (primary N) is 1. The van der Waals surface area contributed by atoms with Crippen LogP contribution in [-0.2, 0) is 10.0 Å². The first-order chi connectivity index (χ1) is 12.4. The zero-order chi connectivity index (χ0) is 18.4. The topological polar surface area (TPSA) is 73.1 Å². The minimum absolute atomic E-state index is 0.101. The van der Waals surface area contributed by atoms with E-state index in [0.717, 1.165) is 24.0 Å². The molecule has 0 bridgehead atoms. The lowest BCUT2D eigenvalue weighted by Gasteiger charge is -2.16. The van der Waals surface area contributed by atoms with Crippen LogP contribution in [0.2, 0.25) is 0 Å². The standard InChI is InChI=1S/C21H22N2O2S/c1-15-4-6-16(7-5-15)18-12-21(10-2-3-11-21)13-19(18)17-8-9-20(23-14-17)26(22,24)25/h4-9,12-14H,2-3,10-11H2,1H3,(H2,22,24,25). The number of pyridine rings is 1. The first-order valence-corrected chi connectivity index (χ1v) is 10.4. The molecule has 0 unspecified atom stereocenters. The summed E-state index contributed by atoms with van der Waals surface area (Å²) in [5, 5.41) is 5.07. The van der Waals surface area contributed by atoms with Crippen LogP contribution in [0.4, 0.5) is 0 Å². The van der Waals surface area contributed by atoms with Crippen LogP contribution in [0.3, 0.4) is 0 Å². The van der Waals surface area contributed by atoms with Crippen LogP contribution in [0.25, 0.3) is 11.1 Å². The van der Waals surface area contributed by atoms with Gasteiger partial charge >= 0.3 is 0 Å². The van der Waals surface area contributed by atoms with Crippen LogP contribution in [0.5, 0.6) is 0 Å². The second-order valence-electron chi connectivity index (χ2n) is 7.35. The summed E-state index contributed by atoms with van der Waals surface area (Å²) in [6.07, 6.45) is 11.2. The summed E-state index contributed by atoms with van der Waals surface area (Å²) >= 11 is 0. The summed E-state index contributed by atoms with van der Waals surface area (Å²) in [6, 6.07) is 11.8. The van der Waals surface area contributed by atoms with Crippen molar-refractivity contribution in [3.05, 3.63) is 71.4 Å². The quantitative estimate of drug-likeness (QED) is 0.889. The maximum absolute atomic E-state index is 11.5. The molecule has 1 aromatic heterocycles. The van der Waals surface area contributed by atoms with Crippen molar-refractivity contribution in [2.24, 2.45) is 10.6 Å². The van der Waals surface area contributed by atoms with Crippen molar-refractivity contribution in [3.8, 4) is 0 Å². The number of aryl methyl sites for hydroxylation is 1. The highest BCUT2D eigenvalue weighted by Gasteiger charge is 2.36. The Morgan fingerprint density at radius 2 is 1.50 bits per heavy atom. The zero-order valence-corrected chi connectivity index (χ0v) is 15.6. The van der Waals surface area contributed by atoms with E-state index in [2.05, 4.69) is 48.3 Å². The van der Waals surface area contributed by atoms with E-state index in [4.69, 9.17) is 5.14 Å². The molecule has 26 heavy (non-hydrogen) atoms. The maximum atomic E-state index is 11.5. The molecule has 1 fully saturated rings. The second-order valence-corrected chi connectivity index (χ2v) is 8.86. The third-order valence-corrected chi connectivity index (χ3v) is 6.21. The molecule has 134 valence electrons. The number of hydrogen-bond donors (Lipinski definition) is 1. The fourth-order valence-electron chi connectivity index (χ4n) is 4.01. The lowest BCUT2D eigenvalue weighted by atomic mass is 9.88. The van der Waals surface area contributed by atoms with E-state index >= 15 is 0 Å². The highest BCUT2D eigenvalue weighted by molar-refractivity contribution is 7.89. The Labute approximate surface area is 154 Å². The fourth-order valence-corrected chi connectivity index (χ4v) is 4.47. The first kappa shape index (κ1) is 17.2. The summed E-state index contributed by atoms with van der Waals surface area (Å²) in [6.45, 7) is 2.08. The molecule has 2 aliphatic rings. The number of hydrogen-bond acceptors (Lipinski definition) is 3. The Morgan fingerprint density at radius 1 is 0.923 bits per heavy atom. The van der Waals surface area contributed by atoms with Crippen molar-refractivity contribution in [3.63, 3.8) is 0 Å². The van der Waals surface area contributed by atoms with Crippen molar-refractivity contribution >= 4 is 21.2 Å². The molecule has 1 saturated carbocycles. The van der Waals surface area contributed by atoms with E-state index in [9.17, 15) is 8.42 Å². The Kier molecular flexibility index (Phi) is 4.09. The van der Waals surface area contributed by atoms with E-state index in [1.807, 2.05) is 0 Å². The summed E-state index contributed by atoms with van der Waals surface area (Å²) in [7, 11) is -3.78. The van der Waals surface area contributed by atoms with Gasteiger partial charge in [-0.2, -0.15) is 0 Å². The van der Waals surface area contributed by atoms with E-state index in [-0.39, 0.29) is 10.4 Å². The Morgan fingerprint density at radius 3 is 2.04 bits per heavy atom. The van der Waals surface area contributed by atoms with Crippen LogP contribution in [0.1, 0.15) is 42.4 Å². The average molecular weight is 366 g/mol. The molecular weight excluding hydrogens is 344 g/mol. The minimum atomic E-state index is -3.78. The third-order valence-electron chi connectivity index (χ3n) is 5.39. The lowest BCUT2D eigenvalue weighted by Crippen LogP contribution is -2.13. The Balaban J connectivity index is 1.79. The molecule has 0 radical (unpaired) electrons. The van der Waals surface area contributed by atoms with Crippen LogP contribution in [0, 0.1) is 12.3 Å². The molecule has 4 nitrogen and oxygen atoms in total. The number of sulfonamides is 1. The summed E-state index contributed by atoms with van der Waals surface area (Å²) in [4.78, 5) is 4.07. The van der Waals surface area contributed by atoms with Gasteiger partial charge in [-0.3, -0.25) is 0 Å². The van der Waals surface area contributed by atoms with Gasteiger partial charge in [0.25, 0.3) is 10.0 Å². The van der Waals surface area contributed by atoms with Crippen LogP contribution in [-0.4, -0.2) is 13.4 Å². The maximum Gasteiger partial charge on any atom is 0.255 e. The molecule has 2 aliphatic carbocycles. The van der Waals surface area contributed by atoms with E-state index in [1.54, 1.807) is 12.3 Å². The van der Waals surface area contributed by atoms with E-state index < -0.39 is 10.0 Å². The number of nitrogens with zero attached hydrogens (tertiary/aromatic N) is 1. The van der Waals surface area contributed by atoms with Gasteiger partial charge in [0.05, 0.1) is 0 Å². The number of benzene rings is 1. The molecule has 0 saturated heterocycles. The van der Waals surface area contributed by atoms with Crippen molar-refractivity contribution in [1.29, 1.82) is 0 Å². The monoisotopic (exact) mass is 366 g/mol. The van der Waals surface area contributed by atoms with Gasteiger partial charge in [-0.05, 0) is 48.6 Å². The highest BCUT2D eigenvalue weighted by atomic mass is 32.2. The predicted octanol–water partition coefficient (Wildman–Crippen LogP) is 4.08. The van der Waals surface area contributed by atoms with E-state index in [0.29, 0.717) is 0 Å². The smallest absolute Gasteiger partial charge is 0.243 e. The minimum Gasteiger partial charge on any atom is -0.243 e. The van der Waals surface area contributed by atoms with Gasteiger partial charge in [-0.1, -0.05) is 54.8 Å². The molecule has 2 N–H and O–H groups in total. The van der Waals surface area contributed by atoms with Gasteiger partial charge in [0.2, 0.25) is 0 Å². The molecule has 1 aromatic carbocycles. The molecule has 1 heterocycles. The number of rotatable bonds is 3. The molecule has 0 aliphatic heterocycles. The highest BCUT2D eigenvalue weighted by Crippen LogP contribution is 2.51. The van der Waals surface area contributed by atoms with Crippen LogP contribution in [0.15, 0.2) is 59.8 Å². The Bertz CT molecular complexity index is 995. The van der Waals surface area contributed by atoms with Crippen LogP contribution >= 0.6 is 0 Å². The van der Waals surface area contributed by atoms with Gasteiger partial charge in [0.1, 0.15) is 0 Å². The van der Waals surface area contributed by atoms with Crippen molar-refractivity contribution in [1.82, 2.24) is 4.98 Å². The van der Waals surface area contributed by atoms with Gasteiger partial charge in [0.15, 0.2) is 5.03 Å². The molecular formula is C21H22N2O2S. The van der Waals surface area contributed by atoms with Crippen molar-refractivity contribution in [2.45, 2.75) is 37.6 Å². The van der Waals surface area contributed by atoms with Gasteiger partial charge in [0, 0.05) is 17.2 Å².